The molecule has 4 heteroatoms. The largest absolute Gasteiger partial charge is 1.00 e. The molecule has 2 rings (SSSR count). The zero-order valence-corrected chi connectivity index (χ0v) is 15.1. The minimum atomic E-state index is 0. The lowest BCUT2D eigenvalue weighted by Crippen LogP contribution is -3.00. The van der Waals surface area contributed by atoms with E-state index in [-0.39, 0.29) is 22.9 Å². The normalized spacial score (nSPS) is 16.2. The van der Waals surface area contributed by atoms with Gasteiger partial charge >= 0.3 is 0 Å². The second kappa shape index (κ2) is 11.6. The number of nitrogens with zero attached hydrogens (tertiary/aromatic N) is 1. The molecule has 0 aromatic carbocycles. The first-order chi connectivity index (χ1) is 10.3. The summed E-state index contributed by atoms with van der Waals surface area (Å²) in [7, 11) is 0. The fourth-order valence-electron chi connectivity index (χ4n) is 3.06. The van der Waals surface area contributed by atoms with Gasteiger partial charge in [0.05, 0.1) is 0 Å². The van der Waals surface area contributed by atoms with Crippen LogP contribution in [0.2, 0.25) is 0 Å². The van der Waals surface area contributed by atoms with E-state index >= 15 is 0 Å². The highest BCUT2D eigenvalue weighted by Gasteiger charge is 2.13. The van der Waals surface area contributed by atoms with Crippen molar-refractivity contribution in [3.63, 3.8) is 0 Å². The summed E-state index contributed by atoms with van der Waals surface area (Å²) in [5, 5.41) is 3.24. The molecule has 0 atom stereocenters. The van der Waals surface area contributed by atoms with Crippen molar-refractivity contribution in [3.8, 4) is 0 Å². The Balaban J connectivity index is 0.00000242. The number of aromatic nitrogens is 1. The molecule has 1 heterocycles. The number of aryl methyl sites for hydroxylation is 1. The van der Waals surface area contributed by atoms with Crippen LogP contribution in [0.25, 0.3) is 0 Å². The van der Waals surface area contributed by atoms with Gasteiger partial charge in [-0.15, -0.1) is 0 Å². The molecule has 1 aromatic rings. The lowest BCUT2D eigenvalue weighted by Gasteiger charge is -2.20. The molecule has 0 unspecified atom stereocenters. The average Bonchev–Trinajstić information content (AvgIpc) is 2.47. The number of halogens is 1. The van der Waals surface area contributed by atoms with E-state index in [1.165, 1.54) is 44.9 Å². The van der Waals surface area contributed by atoms with E-state index in [4.69, 9.17) is 0 Å². The third kappa shape index (κ3) is 7.92. The topological polar surface area (TPSA) is 33.0 Å². The molecule has 0 saturated heterocycles. The molecule has 0 bridgehead atoms. The molecule has 22 heavy (non-hydrogen) atoms. The van der Waals surface area contributed by atoms with Gasteiger partial charge in [-0.25, -0.2) is 4.57 Å². The van der Waals surface area contributed by atoms with Crippen molar-refractivity contribution in [2.24, 2.45) is 0 Å². The Kier molecular flexibility index (Phi) is 10.1. The maximum atomic E-state index is 12.0. The van der Waals surface area contributed by atoms with Gasteiger partial charge in [-0.2, -0.15) is 0 Å². The van der Waals surface area contributed by atoms with Gasteiger partial charge in [-0.05, 0) is 19.3 Å². The highest BCUT2D eigenvalue weighted by molar-refractivity contribution is 5.76. The van der Waals surface area contributed by atoms with E-state index in [0.29, 0.717) is 12.5 Å². The molecule has 1 aliphatic carbocycles. The molecule has 1 fully saturated rings. The molecular weight excluding hydrogens is 340 g/mol. The minimum Gasteiger partial charge on any atom is -1.00 e. The summed E-state index contributed by atoms with van der Waals surface area (Å²) in [5.74, 6) is 0.249. The SMILES string of the molecule is O=C(CCCC[n+]1ccccc1)NC1CCCCCCC1.[Br-]. The first-order valence-electron chi connectivity index (χ1n) is 8.58. The van der Waals surface area contributed by atoms with Crippen molar-refractivity contribution in [2.45, 2.75) is 76.8 Å². The highest BCUT2D eigenvalue weighted by Crippen LogP contribution is 2.17. The van der Waals surface area contributed by atoms with E-state index in [1.807, 2.05) is 18.2 Å². The summed E-state index contributed by atoms with van der Waals surface area (Å²) in [6, 6.07) is 6.54. The zero-order chi connectivity index (χ0) is 14.8. The highest BCUT2D eigenvalue weighted by atomic mass is 79.9. The first-order valence-corrected chi connectivity index (χ1v) is 8.58. The molecule has 1 saturated carbocycles. The van der Waals surface area contributed by atoms with E-state index in [0.717, 1.165) is 19.4 Å². The van der Waals surface area contributed by atoms with Crippen molar-refractivity contribution in [2.75, 3.05) is 0 Å². The Labute approximate surface area is 145 Å². The van der Waals surface area contributed by atoms with Crippen LogP contribution in [0.5, 0.6) is 0 Å². The third-order valence-electron chi connectivity index (χ3n) is 4.32. The van der Waals surface area contributed by atoms with Crippen LogP contribution < -0.4 is 26.9 Å². The molecule has 1 amide bonds. The van der Waals surface area contributed by atoms with Crippen molar-refractivity contribution >= 4 is 5.91 Å². The van der Waals surface area contributed by atoms with Gasteiger partial charge in [0.25, 0.3) is 0 Å². The number of pyridine rings is 1. The van der Waals surface area contributed by atoms with Gasteiger partial charge in [0.2, 0.25) is 5.91 Å². The van der Waals surface area contributed by atoms with Gasteiger partial charge in [0.1, 0.15) is 6.54 Å². The fourth-order valence-corrected chi connectivity index (χ4v) is 3.06. The smallest absolute Gasteiger partial charge is 0.220 e. The molecule has 124 valence electrons. The number of rotatable bonds is 6. The number of amides is 1. The van der Waals surface area contributed by atoms with Gasteiger partial charge in [0, 0.05) is 31.0 Å². The Morgan fingerprint density at radius 2 is 1.59 bits per heavy atom. The lowest BCUT2D eigenvalue weighted by atomic mass is 9.96. The van der Waals surface area contributed by atoms with Crippen LogP contribution in [0.3, 0.4) is 0 Å². The van der Waals surface area contributed by atoms with E-state index in [9.17, 15) is 4.79 Å². The predicted molar refractivity (Wildman–Crippen MR) is 84.7 cm³/mol. The summed E-state index contributed by atoms with van der Waals surface area (Å²) < 4.78 is 2.17. The van der Waals surface area contributed by atoms with Crippen LogP contribution in [-0.4, -0.2) is 11.9 Å². The molecule has 3 nitrogen and oxygen atoms in total. The van der Waals surface area contributed by atoms with Gasteiger partial charge < -0.3 is 22.3 Å². The van der Waals surface area contributed by atoms with Crippen LogP contribution in [0.4, 0.5) is 0 Å². The van der Waals surface area contributed by atoms with Crippen LogP contribution >= 0.6 is 0 Å². The molecular formula is C18H29BrN2O. The maximum Gasteiger partial charge on any atom is 0.220 e. The number of unbranched alkanes of at least 4 members (excludes halogenated alkanes) is 1. The van der Waals surface area contributed by atoms with Crippen molar-refractivity contribution in [3.05, 3.63) is 30.6 Å². The second-order valence-corrected chi connectivity index (χ2v) is 6.18. The Morgan fingerprint density at radius 3 is 2.27 bits per heavy atom. The monoisotopic (exact) mass is 368 g/mol. The molecule has 0 spiro atoms. The van der Waals surface area contributed by atoms with Crippen LogP contribution in [-0.2, 0) is 11.3 Å². The molecule has 1 aliphatic rings. The van der Waals surface area contributed by atoms with Crippen molar-refractivity contribution in [1.29, 1.82) is 0 Å². The summed E-state index contributed by atoms with van der Waals surface area (Å²) in [5.41, 5.74) is 0. The molecule has 0 radical (unpaired) electrons. The Bertz CT molecular complexity index is 403. The number of carbonyl (C=O) groups excluding carboxylic acids is 1. The third-order valence-corrected chi connectivity index (χ3v) is 4.32. The Hall–Kier alpha value is -0.900. The Morgan fingerprint density at radius 1 is 0.955 bits per heavy atom. The summed E-state index contributed by atoms with van der Waals surface area (Å²) in [4.78, 5) is 12.0. The number of carbonyl (C=O) groups is 1. The van der Waals surface area contributed by atoms with Crippen molar-refractivity contribution < 1.29 is 26.3 Å². The van der Waals surface area contributed by atoms with Crippen LogP contribution in [0.15, 0.2) is 30.6 Å². The van der Waals surface area contributed by atoms with Gasteiger partial charge in [-0.1, -0.05) is 38.2 Å². The molecule has 0 aliphatic heterocycles. The van der Waals surface area contributed by atoms with Crippen LogP contribution in [0, 0.1) is 0 Å². The summed E-state index contributed by atoms with van der Waals surface area (Å²) >= 11 is 0. The van der Waals surface area contributed by atoms with Gasteiger partial charge in [-0.3, -0.25) is 4.79 Å². The molecule has 1 N–H and O–H groups in total. The van der Waals surface area contributed by atoms with Crippen LogP contribution in [0.1, 0.15) is 64.2 Å². The fraction of sp³-hybridized carbons (Fsp3) is 0.667. The maximum absolute atomic E-state index is 12.0. The standard InChI is InChI=1S/C18H28N2O.BrH/c21-18(19-17-11-5-2-1-3-6-12-17)13-7-10-16-20-14-8-4-9-15-20;/h4,8-9,14-15,17H,1-3,5-7,10-13,16H2;1H. The lowest BCUT2D eigenvalue weighted by molar-refractivity contribution is -0.697. The summed E-state index contributed by atoms with van der Waals surface area (Å²) in [6.45, 7) is 0.998. The van der Waals surface area contributed by atoms with E-state index in [2.05, 4.69) is 22.3 Å². The number of hydrogen-bond donors (Lipinski definition) is 1. The van der Waals surface area contributed by atoms with E-state index in [1.54, 1.807) is 0 Å². The van der Waals surface area contributed by atoms with Crippen molar-refractivity contribution in [1.82, 2.24) is 5.32 Å². The number of hydrogen-bond acceptors (Lipinski definition) is 1. The number of nitrogens with one attached hydrogen (secondary N) is 1. The zero-order valence-electron chi connectivity index (χ0n) is 13.5. The quantitative estimate of drug-likeness (QED) is 0.571. The molecule has 1 aromatic heterocycles. The average molecular weight is 369 g/mol. The second-order valence-electron chi connectivity index (χ2n) is 6.18. The minimum absolute atomic E-state index is 0. The van der Waals surface area contributed by atoms with E-state index < -0.39 is 0 Å². The predicted octanol–water partition coefficient (Wildman–Crippen LogP) is 0.378. The summed E-state index contributed by atoms with van der Waals surface area (Å²) in [6.07, 6.45) is 15.8. The van der Waals surface area contributed by atoms with Gasteiger partial charge in [0.15, 0.2) is 12.4 Å². The first kappa shape index (κ1) is 19.1.